The number of nitrogens with zero attached hydrogens (tertiary/aromatic N) is 1. The third kappa shape index (κ3) is 3.40. The summed E-state index contributed by atoms with van der Waals surface area (Å²) in [6, 6.07) is 18.8. The van der Waals surface area contributed by atoms with Gasteiger partial charge in [-0.1, -0.05) is 41.9 Å². The molecule has 0 saturated heterocycles. The summed E-state index contributed by atoms with van der Waals surface area (Å²) in [5, 5.41) is 7.39. The molecule has 0 aliphatic heterocycles. The summed E-state index contributed by atoms with van der Waals surface area (Å²) in [5.74, 6) is 0.972. The molecule has 128 valence electrons. The van der Waals surface area contributed by atoms with Crippen molar-refractivity contribution >= 4 is 45.1 Å². The third-order valence-corrected chi connectivity index (χ3v) is 5.02. The Labute approximate surface area is 158 Å². The summed E-state index contributed by atoms with van der Waals surface area (Å²) in [6.07, 6.45) is 1.47. The van der Waals surface area contributed by atoms with E-state index in [1.165, 1.54) is 17.6 Å². The Morgan fingerprint density at radius 3 is 2.88 bits per heavy atom. The first-order valence-corrected chi connectivity index (χ1v) is 9.12. The maximum atomic E-state index is 12.3. The highest BCUT2D eigenvalue weighted by Crippen LogP contribution is 2.26. The second kappa shape index (κ2) is 7.15. The first-order chi connectivity index (χ1) is 12.7. The fourth-order valence-electron chi connectivity index (χ4n) is 2.59. The monoisotopic (exact) mass is 380 g/mol. The van der Waals surface area contributed by atoms with Crippen LogP contribution in [0.4, 0.5) is 0 Å². The fraction of sp³-hybridized carbons (Fsp3) is 0. The maximum Gasteiger partial charge on any atom is 0.272 e. The van der Waals surface area contributed by atoms with Gasteiger partial charge in [-0.25, -0.2) is 5.43 Å². The van der Waals surface area contributed by atoms with E-state index >= 15 is 0 Å². The van der Waals surface area contributed by atoms with Gasteiger partial charge in [-0.05, 0) is 30.3 Å². The molecule has 1 amide bonds. The summed E-state index contributed by atoms with van der Waals surface area (Å²) >= 11 is 7.53. The van der Waals surface area contributed by atoms with E-state index in [0.29, 0.717) is 22.1 Å². The Morgan fingerprint density at radius 2 is 2.00 bits per heavy atom. The largest absolute Gasteiger partial charge is 0.455 e. The number of halogens is 1. The van der Waals surface area contributed by atoms with E-state index in [-0.39, 0.29) is 5.91 Å². The van der Waals surface area contributed by atoms with Crippen LogP contribution < -0.4 is 5.43 Å². The van der Waals surface area contributed by atoms with Crippen molar-refractivity contribution in [2.75, 3.05) is 0 Å². The number of carbonyl (C=O) groups is 1. The van der Waals surface area contributed by atoms with Gasteiger partial charge < -0.3 is 4.42 Å². The molecule has 0 unspecified atom stereocenters. The molecule has 0 radical (unpaired) electrons. The molecular formula is C20H13ClN2O2S. The number of hydrogen-bond acceptors (Lipinski definition) is 4. The highest BCUT2D eigenvalue weighted by molar-refractivity contribution is 7.17. The summed E-state index contributed by atoms with van der Waals surface area (Å²) in [4.78, 5) is 12.3. The van der Waals surface area contributed by atoms with Gasteiger partial charge >= 0.3 is 0 Å². The SMILES string of the molecule is O=C(NN=Cc1ccc(-c2cccc(Cl)c2)o1)c1csc2ccccc12. The van der Waals surface area contributed by atoms with Gasteiger partial charge in [0.15, 0.2) is 0 Å². The van der Waals surface area contributed by atoms with Crippen LogP contribution in [0, 0.1) is 0 Å². The molecule has 6 heteroatoms. The predicted molar refractivity (Wildman–Crippen MR) is 106 cm³/mol. The van der Waals surface area contributed by atoms with Crippen molar-refractivity contribution in [1.29, 1.82) is 0 Å². The molecule has 2 aromatic carbocycles. The first-order valence-electron chi connectivity index (χ1n) is 7.86. The standard InChI is InChI=1S/C20H13ClN2O2S/c21-14-5-3-4-13(10-14)18-9-8-15(25-18)11-22-23-20(24)17-12-26-19-7-2-1-6-16(17)19/h1-12H,(H,23,24). The van der Waals surface area contributed by atoms with Gasteiger partial charge in [-0.2, -0.15) is 5.10 Å². The van der Waals surface area contributed by atoms with Gasteiger partial charge in [0.25, 0.3) is 5.91 Å². The molecule has 2 aromatic heterocycles. The summed E-state index contributed by atoms with van der Waals surface area (Å²) in [7, 11) is 0. The number of rotatable bonds is 4. The highest BCUT2D eigenvalue weighted by Gasteiger charge is 2.11. The van der Waals surface area contributed by atoms with Gasteiger partial charge in [-0.15, -0.1) is 11.3 Å². The van der Waals surface area contributed by atoms with Crippen LogP contribution in [0.2, 0.25) is 5.02 Å². The average molecular weight is 381 g/mol. The smallest absolute Gasteiger partial charge is 0.272 e. The van der Waals surface area contributed by atoms with E-state index in [1.807, 2.05) is 53.9 Å². The molecule has 1 N–H and O–H groups in total. The van der Waals surface area contributed by atoms with Crippen molar-refractivity contribution in [2.24, 2.45) is 5.10 Å². The number of fused-ring (bicyclic) bond motifs is 1. The lowest BCUT2D eigenvalue weighted by Crippen LogP contribution is -2.16. The van der Waals surface area contributed by atoms with Crippen LogP contribution in [0.1, 0.15) is 16.1 Å². The number of amides is 1. The Kier molecular flexibility index (Phi) is 4.56. The first kappa shape index (κ1) is 16.6. The molecule has 4 nitrogen and oxygen atoms in total. The normalized spacial score (nSPS) is 11.3. The summed E-state index contributed by atoms with van der Waals surface area (Å²) in [5.41, 5.74) is 4.03. The van der Waals surface area contributed by atoms with E-state index in [9.17, 15) is 4.79 Å². The third-order valence-electron chi connectivity index (χ3n) is 3.82. The van der Waals surface area contributed by atoms with Crippen molar-refractivity contribution in [3.8, 4) is 11.3 Å². The molecule has 0 bridgehead atoms. The lowest BCUT2D eigenvalue weighted by molar-refractivity contribution is 0.0957. The predicted octanol–water partition coefficient (Wildman–Crippen LogP) is 5.58. The Balaban J connectivity index is 1.46. The van der Waals surface area contributed by atoms with Crippen molar-refractivity contribution in [1.82, 2.24) is 5.43 Å². The van der Waals surface area contributed by atoms with Crippen molar-refractivity contribution in [3.05, 3.63) is 82.4 Å². The van der Waals surface area contributed by atoms with Crippen LogP contribution >= 0.6 is 22.9 Å². The van der Waals surface area contributed by atoms with Crippen LogP contribution in [0.25, 0.3) is 21.4 Å². The zero-order valence-electron chi connectivity index (χ0n) is 13.5. The van der Waals surface area contributed by atoms with Crippen molar-refractivity contribution in [3.63, 3.8) is 0 Å². The molecule has 0 atom stereocenters. The molecule has 0 aliphatic carbocycles. The molecule has 0 fully saturated rings. The number of hydrazone groups is 1. The Morgan fingerprint density at radius 1 is 1.12 bits per heavy atom. The van der Waals surface area contributed by atoms with Gasteiger partial charge in [0.05, 0.1) is 11.8 Å². The average Bonchev–Trinajstić information content (AvgIpc) is 3.29. The lowest BCUT2D eigenvalue weighted by Gasteiger charge is -1.98. The topological polar surface area (TPSA) is 54.6 Å². The molecule has 0 aliphatic rings. The lowest BCUT2D eigenvalue weighted by atomic mass is 10.2. The molecule has 2 heterocycles. The van der Waals surface area contributed by atoms with Gasteiger partial charge in [-0.3, -0.25) is 4.79 Å². The van der Waals surface area contributed by atoms with Crippen LogP contribution in [-0.2, 0) is 0 Å². The molecule has 4 aromatic rings. The quantitative estimate of drug-likeness (QED) is 0.371. The van der Waals surface area contributed by atoms with E-state index in [1.54, 1.807) is 12.1 Å². The van der Waals surface area contributed by atoms with Crippen LogP contribution in [0.3, 0.4) is 0 Å². The zero-order chi connectivity index (χ0) is 17.9. The van der Waals surface area contributed by atoms with Gasteiger partial charge in [0, 0.05) is 26.1 Å². The molecule has 0 spiro atoms. The highest BCUT2D eigenvalue weighted by atomic mass is 35.5. The number of hydrogen-bond donors (Lipinski definition) is 1. The van der Waals surface area contributed by atoms with E-state index < -0.39 is 0 Å². The van der Waals surface area contributed by atoms with Crippen LogP contribution in [-0.4, -0.2) is 12.1 Å². The Hall–Kier alpha value is -2.89. The minimum atomic E-state index is -0.250. The van der Waals surface area contributed by atoms with E-state index in [4.69, 9.17) is 16.0 Å². The summed E-state index contributed by atoms with van der Waals surface area (Å²) < 4.78 is 6.78. The molecule has 4 rings (SSSR count). The summed E-state index contributed by atoms with van der Waals surface area (Å²) in [6.45, 7) is 0. The minimum Gasteiger partial charge on any atom is -0.455 e. The molecule has 26 heavy (non-hydrogen) atoms. The zero-order valence-corrected chi connectivity index (χ0v) is 15.1. The second-order valence-electron chi connectivity index (χ2n) is 5.56. The number of benzene rings is 2. The fourth-order valence-corrected chi connectivity index (χ4v) is 3.72. The molecule has 0 saturated carbocycles. The Bertz CT molecular complexity index is 1110. The number of thiophene rings is 1. The molecular weight excluding hydrogens is 368 g/mol. The number of nitrogens with one attached hydrogen (secondary N) is 1. The van der Waals surface area contributed by atoms with Crippen molar-refractivity contribution < 1.29 is 9.21 Å². The minimum absolute atomic E-state index is 0.250. The van der Waals surface area contributed by atoms with E-state index in [0.717, 1.165) is 15.6 Å². The van der Waals surface area contributed by atoms with Gasteiger partial charge in [0.1, 0.15) is 11.5 Å². The van der Waals surface area contributed by atoms with Crippen molar-refractivity contribution in [2.45, 2.75) is 0 Å². The maximum absolute atomic E-state index is 12.3. The van der Waals surface area contributed by atoms with Crippen LogP contribution in [0.5, 0.6) is 0 Å². The van der Waals surface area contributed by atoms with Gasteiger partial charge in [0.2, 0.25) is 0 Å². The second-order valence-corrected chi connectivity index (χ2v) is 6.90. The number of carbonyl (C=O) groups excluding carboxylic acids is 1. The van der Waals surface area contributed by atoms with E-state index in [2.05, 4.69) is 10.5 Å². The number of furan rings is 1. The van der Waals surface area contributed by atoms with Crippen LogP contribution in [0.15, 0.2) is 75.6 Å².